The Morgan fingerprint density at radius 3 is 2.12 bits per heavy atom. The number of carbonyl (C=O) groups excluding carboxylic acids is 2. The highest BCUT2D eigenvalue weighted by Gasteiger charge is 2.42. The number of carbonyl (C=O) groups is 2. The number of hydrogen-bond donors (Lipinski definition) is 0. The van der Waals surface area contributed by atoms with Gasteiger partial charge < -0.3 is 23.8 Å². The summed E-state index contributed by atoms with van der Waals surface area (Å²) in [5.74, 6) is -3.13. The maximum absolute atomic E-state index is 16.8. The minimum absolute atomic E-state index is 0.0400. The molecule has 2 saturated heterocycles. The lowest BCUT2D eigenvalue weighted by molar-refractivity contribution is -0.147. The highest BCUT2D eigenvalue weighted by atomic mass is 28.3. The molecule has 0 aliphatic carbocycles. The van der Waals surface area contributed by atoms with Crippen LogP contribution in [-0.2, 0) is 25.4 Å². The summed E-state index contributed by atoms with van der Waals surface area (Å²) in [5.41, 5.74) is -0.378. The van der Waals surface area contributed by atoms with E-state index in [1.807, 2.05) is 40.4 Å². The van der Waals surface area contributed by atoms with Crippen molar-refractivity contribution >= 4 is 25.3 Å². The van der Waals surface area contributed by atoms with E-state index < -0.39 is 43.3 Å². The lowest BCUT2D eigenvalue weighted by atomic mass is 9.77. The van der Waals surface area contributed by atoms with Gasteiger partial charge in [-0.3, -0.25) is 4.79 Å². The number of benzene rings is 1. The van der Waals surface area contributed by atoms with Crippen LogP contribution in [0.3, 0.4) is 0 Å². The quantitative estimate of drug-likeness (QED) is 0.279. The lowest BCUT2D eigenvalue weighted by Crippen LogP contribution is -2.45. The average Bonchev–Trinajstić information content (AvgIpc) is 2.86. The monoisotopic (exact) mass is 583 g/mol. The summed E-state index contributed by atoms with van der Waals surface area (Å²) >= 11 is 0. The van der Waals surface area contributed by atoms with E-state index in [2.05, 4.69) is 0 Å². The van der Waals surface area contributed by atoms with Gasteiger partial charge in [0.05, 0.1) is 33.8 Å². The zero-order chi connectivity index (χ0) is 29.8. The summed E-state index contributed by atoms with van der Waals surface area (Å²) in [5, 5.41) is 0.319. The van der Waals surface area contributed by atoms with Gasteiger partial charge in [0.1, 0.15) is 17.5 Å². The molecule has 2 fully saturated rings. The van der Waals surface area contributed by atoms with Gasteiger partial charge in [0.15, 0.2) is 11.6 Å². The third-order valence-corrected chi connectivity index (χ3v) is 9.49. The van der Waals surface area contributed by atoms with E-state index in [9.17, 15) is 9.59 Å². The molecule has 7 nitrogen and oxygen atoms in total. The SMILES string of the molecule is CCOC(=O)C(c1c(F)c(OC2CCOCC2)c([Si](C)(C)C)c(F)c1CC)C1CCN(C(=O)OC(C)(C)C)CC1. The minimum atomic E-state index is -2.41. The molecular formula is C30H47F2NO6Si. The van der Waals surface area contributed by atoms with Crippen molar-refractivity contribution in [3.8, 4) is 5.75 Å². The molecule has 2 aliphatic heterocycles. The molecule has 226 valence electrons. The van der Waals surface area contributed by atoms with Crippen molar-refractivity contribution in [3.05, 3.63) is 22.8 Å². The summed E-state index contributed by atoms with van der Waals surface area (Å²) < 4.78 is 56.0. The molecule has 3 rings (SSSR count). The summed E-state index contributed by atoms with van der Waals surface area (Å²) in [7, 11) is -2.41. The molecule has 1 aromatic carbocycles. The smallest absolute Gasteiger partial charge is 0.410 e. The topological polar surface area (TPSA) is 74.3 Å². The molecule has 0 N–H and O–H groups in total. The molecular weight excluding hydrogens is 536 g/mol. The minimum Gasteiger partial charge on any atom is -0.487 e. The summed E-state index contributed by atoms with van der Waals surface area (Å²) in [4.78, 5) is 27.7. The third-order valence-electron chi connectivity index (χ3n) is 7.54. The Balaban J connectivity index is 2.08. The number of hydrogen-bond acceptors (Lipinski definition) is 6. The number of amides is 1. The van der Waals surface area contributed by atoms with Crippen molar-refractivity contribution < 1.29 is 37.3 Å². The molecule has 2 heterocycles. The van der Waals surface area contributed by atoms with Crippen LogP contribution in [0.2, 0.25) is 19.6 Å². The van der Waals surface area contributed by atoms with E-state index >= 15 is 8.78 Å². The molecule has 0 bridgehead atoms. The second-order valence-electron chi connectivity index (χ2n) is 12.8. The maximum Gasteiger partial charge on any atom is 0.410 e. The second kappa shape index (κ2) is 13.2. The molecule has 2 aliphatic rings. The Hall–Kier alpha value is -2.20. The van der Waals surface area contributed by atoms with E-state index in [4.69, 9.17) is 18.9 Å². The van der Waals surface area contributed by atoms with Gasteiger partial charge in [0, 0.05) is 36.7 Å². The summed E-state index contributed by atoms with van der Waals surface area (Å²) in [6.45, 7) is 16.6. The fraction of sp³-hybridized carbons (Fsp3) is 0.733. The molecule has 0 aromatic heterocycles. The molecule has 1 atom stereocenters. The largest absolute Gasteiger partial charge is 0.487 e. The highest BCUT2D eigenvalue weighted by molar-refractivity contribution is 6.89. The van der Waals surface area contributed by atoms with Crippen LogP contribution in [0.4, 0.5) is 13.6 Å². The van der Waals surface area contributed by atoms with E-state index in [0.29, 0.717) is 57.2 Å². The Bertz CT molecular complexity index is 1050. The second-order valence-corrected chi connectivity index (χ2v) is 17.8. The number of nitrogens with zero attached hydrogens (tertiary/aromatic N) is 1. The van der Waals surface area contributed by atoms with E-state index in [-0.39, 0.29) is 41.9 Å². The van der Waals surface area contributed by atoms with Crippen LogP contribution in [0.25, 0.3) is 0 Å². The Kier molecular flexibility index (Phi) is 10.7. The van der Waals surface area contributed by atoms with Crippen molar-refractivity contribution in [3.63, 3.8) is 0 Å². The van der Waals surface area contributed by atoms with Crippen molar-refractivity contribution in [2.75, 3.05) is 32.9 Å². The van der Waals surface area contributed by atoms with Crippen LogP contribution < -0.4 is 9.92 Å². The average molecular weight is 584 g/mol. The maximum atomic E-state index is 16.8. The predicted octanol–water partition coefficient (Wildman–Crippen LogP) is 5.92. The normalized spacial score (nSPS) is 18.4. The van der Waals surface area contributed by atoms with E-state index in [1.165, 1.54) is 0 Å². The molecule has 1 unspecified atom stereocenters. The van der Waals surface area contributed by atoms with Crippen molar-refractivity contribution in [2.24, 2.45) is 5.92 Å². The number of ether oxygens (including phenoxy) is 4. The molecule has 1 amide bonds. The molecule has 0 spiro atoms. The lowest BCUT2D eigenvalue weighted by Gasteiger charge is -2.37. The first-order valence-electron chi connectivity index (χ1n) is 14.6. The fourth-order valence-electron chi connectivity index (χ4n) is 5.66. The Morgan fingerprint density at radius 2 is 1.62 bits per heavy atom. The molecule has 1 aromatic rings. The fourth-order valence-corrected chi connectivity index (χ4v) is 7.32. The first kappa shape index (κ1) is 32.3. The van der Waals surface area contributed by atoms with Crippen molar-refractivity contribution in [1.82, 2.24) is 4.90 Å². The van der Waals surface area contributed by atoms with Gasteiger partial charge in [-0.25, -0.2) is 13.6 Å². The van der Waals surface area contributed by atoms with Gasteiger partial charge in [-0.05, 0) is 58.4 Å². The molecule has 10 heteroatoms. The van der Waals surface area contributed by atoms with Gasteiger partial charge in [-0.2, -0.15) is 0 Å². The van der Waals surface area contributed by atoms with Crippen LogP contribution >= 0.6 is 0 Å². The number of halogens is 2. The van der Waals surface area contributed by atoms with Crippen LogP contribution in [0.5, 0.6) is 5.75 Å². The van der Waals surface area contributed by atoms with Gasteiger partial charge in [0.25, 0.3) is 0 Å². The Labute approximate surface area is 238 Å². The zero-order valence-corrected chi connectivity index (χ0v) is 26.5. The molecule has 40 heavy (non-hydrogen) atoms. The van der Waals surface area contributed by atoms with Crippen molar-refractivity contribution in [1.29, 1.82) is 0 Å². The van der Waals surface area contributed by atoms with Crippen LogP contribution in [-0.4, -0.2) is 69.7 Å². The predicted molar refractivity (Wildman–Crippen MR) is 153 cm³/mol. The first-order valence-corrected chi connectivity index (χ1v) is 18.1. The summed E-state index contributed by atoms with van der Waals surface area (Å²) in [6, 6.07) is 0. The first-order chi connectivity index (χ1) is 18.7. The van der Waals surface area contributed by atoms with Gasteiger partial charge in [0.2, 0.25) is 0 Å². The van der Waals surface area contributed by atoms with Gasteiger partial charge >= 0.3 is 12.1 Å². The van der Waals surface area contributed by atoms with E-state index in [0.717, 1.165) is 0 Å². The third kappa shape index (κ3) is 7.54. The number of piperidine rings is 1. The van der Waals surface area contributed by atoms with Crippen LogP contribution in [0.1, 0.15) is 77.3 Å². The number of likely N-dealkylation sites (tertiary alicyclic amines) is 1. The van der Waals surface area contributed by atoms with Crippen LogP contribution in [0, 0.1) is 17.6 Å². The highest BCUT2D eigenvalue weighted by Crippen LogP contribution is 2.41. The molecule has 0 radical (unpaired) electrons. The van der Waals surface area contributed by atoms with Crippen LogP contribution in [0.15, 0.2) is 0 Å². The van der Waals surface area contributed by atoms with Crippen molar-refractivity contribution in [2.45, 2.75) is 104 Å². The van der Waals surface area contributed by atoms with Gasteiger partial charge in [-0.1, -0.05) is 26.6 Å². The standard InChI is InChI=1S/C30H47F2NO6Si/c1-9-21-23(25(32)26(27(24(21)31)40(6,7)8)38-20-13-17-36-18-14-20)22(28(34)37-10-2)19-11-15-33(16-12-19)29(35)39-30(3,4)5/h19-20,22H,9-18H2,1-8H3. The summed E-state index contributed by atoms with van der Waals surface area (Å²) in [6.07, 6.45) is 1.54. The van der Waals surface area contributed by atoms with E-state index in [1.54, 1.807) is 18.7 Å². The van der Waals surface area contributed by atoms with Gasteiger partial charge in [-0.15, -0.1) is 0 Å². The molecule has 0 saturated carbocycles. The zero-order valence-electron chi connectivity index (χ0n) is 25.5. The number of esters is 1. The Morgan fingerprint density at radius 1 is 1.02 bits per heavy atom. The number of rotatable bonds is 8.